The molecule has 4 rings (SSSR count). The largest absolute Gasteiger partial charge is 0.380 e. The van der Waals surface area contributed by atoms with Gasteiger partial charge in [-0.2, -0.15) is 0 Å². The standard InChI is InChI=1S/C21H25F2N3O4S2/c1-2-32(29,30)25-17-4-7-26(20(27)21(28)5-3-6-21)18(17)11-16-12-31-19(24-16)13-8-14(22)10-15(23)9-13/h8-10,12,17-18,25,28H,2-7,11H2,1H3. The van der Waals surface area contributed by atoms with Crippen LogP contribution in [0.25, 0.3) is 10.6 Å². The number of nitrogens with zero attached hydrogens (tertiary/aromatic N) is 2. The summed E-state index contributed by atoms with van der Waals surface area (Å²) in [5, 5.41) is 12.7. The molecule has 1 aromatic heterocycles. The van der Waals surface area contributed by atoms with E-state index >= 15 is 0 Å². The zero-order chi connectivity index (χ0) is 23.1. The fourth-order valence-electron chi connectivity index (χ4n) is 4.23. The van der Waals surface area contributed by atoms with Gasteiger partial charge in [-0.1, -0.05) is 0 Å². The molecule has 0 spiro atoms. The van der Waals surface area contributed by atoms with Crippen molar-refractivity contribution in [1.29, 1.82) is 0 Å². The van der Waals surface area contributed by atoms with Crippen molar-refractivity contribution < 1.29 is 27.1 Å². The van der Waals surface area contributed by atoms with Crippen LogP contribution in [0.15, 0.2) is 23.6 Å². The molecule has 1 aliphatic heterocycles. The second-order valence-electron chi connectivity index (χ2n) is 8.37. The Morgan fingerprint density at radius 2 is 2.00 bits per heavy atom. The highest BCUT2D eigenvalue weighted by Crippen LogP contribution is 2.36. The molecule has 11 heteroatoms. The Labute approximate surface area is 189 Å². The van der Waals surface area contributed by atoms with Gasteiger partial charge in [-0.25, -0.2) is 26.9 Å². The number of likely N-dealkylation sites (tertiary alicyclic amines) is 1. The van der Waals surface area contributed by atoms with Gasteiger partial charge in [0.25, 0.3) is 5.91 Å². The normalized spacial score (nSPS) is 22.7. The highest BCUT2D eigenvalue weighted by atomic mass is 32.2. The molecule has 1 aromatic carbocycles. The zero-order valence-corrected chi connectivity index (χ0v) is 19.2. The average molecular weight is 486 g/mol. The second-order valence-corrected chi connectivity index (χ2v) is 11.3. The first-order chi connectivity index (χ1) is 15.1. The molecule has 2 aromatic rings. The molecular formula is C21H25F2N3O4S2. The van der Waals surface area contributed by atoms with Crippen LogP contribution in [0, 0.1) is 11.6 Å². The first-order valence-corrected chi connectivity index (χ1v) is 13.1. The molecule has 1 amide bonds. The van der Waals surface area contributed by atoms with Gasteiger partial charge in [0.05, 0.1) is 17.5 Å². The van der Waals surface area contributed by atoms with Crippen LogP contribution in [0.3, 0.4) is 0 Å². The van der Waals surface area contributed by atoms with E-state index in [1.54, 1.807) is 10.3 Å². The van der Waals surface area contributed by atoms with Crippen LogP contribution in [0.4, 0.5) is 8.78 Å². The zero-order valence-electron chi connectivity index (χ0n) is 17.6. The van der Waals surface area contributed by atoms with Gasteiger partial charge in [0.1, 0.15) is 22.2 Å². The number of thiazole rings is 1. The van der Waals surface area contributed by atoms with Crippen LogP contribution in [0.1, 0.15) is 38.3 Å². The van der Waals surface area contributed by atoms with Crippen molar-refractivity contribution in [3.05, 3.63) is 40.9 Å². The molecule has 0 radical (unpaired) electrons. The monoisotopic (exact) mass is 485 g/mol. The fraction of sp³-hybridized carbons (Fsp3) is 0.524. The van der Waals surface area contributed by atoms with Gasteiger partial charge in [-0.3, -0.25) is 4.79 Å². The first kappa shape index (κ1) is 23.2. The van der Waals surface area contributed by atoms with Crippen molar-refractivity contribution in [2.24, 2.45) is 0 Å². The van der Waals surface area contributed by atoms with E-state index in [2.05, 4.69) is 9.71 Å². The van der Waals surface area contributed by atoms with Crippen LogP contribution < -0.4 is 4.72 Å². The topological polar surface area (TPSA) is 99.6 Å². The highest BCUT2D eigenvalue weighted by Gasteiger charge is 2.49. The Morgan fingerprint density at radius 1 is 1.31 bits per heavy atom. The Bertz CT molecular complexity index is 1100. The molecule has 2 fully saturated rings. The van der Waals surface area contributed by atoms with Gasteiger partial charge in [0, 0.05) is 36.0 Å². The molecule has 2 heterocycles. The second kappa shape index (κ2) is 8.77. The Morgan fingerprint density at radius 3 is 2.59 bits per heavy atom. The number of amides is 1. The molecule has 2 aliphatic rings. The number of hydrogen-bond donors (Lipinski definition) is 2. The third kappa shape index (κ3) is 4.70. The molecule has 2 atom stereocenters. The summed E-state index contributed by atoms with van der Waals surface area (Å²) in [5.41, 5.74) is -0.492. The molecule has 1 saturated carbocycles. The number of sulfonamides is 1. The maximum absolute atomic E-state index is 13.6. The minimum absolute atomic E-state index is 0.0832. The maximum Gasteiger partial charge on any atom is 0.254 e. The number of carbonyl (C=O) groups excluding carboxylic acids is 1. The summed E-state index contributed by atoms with van der Waals surface area (Å²) >= 11 is 1.22. The number of aliphatic hydroxyl groups is 1. The molecule has 2 N–H and O–H groups in total. The summed E-state index contributed by atoms with van der Waals surface area (Å²) in [6.07, 6.45) is 2.25. The van der Waals surface area contributed by atoms with E-state index in [1.165, 1.54) is 30.4 Å². The third-order valence-corrected chi connectivity index (χ3v) is 8.54. The average Bonchev–Trinajstić information content (AvgIpc) is 3.32. The molecule has 1 saturated heterocycles. The summed E-state index contributed by atoms with van der Waals surface area (Å²) in [5.74, 6) is -1.87. The minimum atomic E-state index is -3.50. The predicted octanol–water partition coefficient (Wildman–Crippen LogP) is 2.45. The van der Waals surface area contributed by atoms with Crippen molar-refractivity contribution in [2.75, 3.05) is 12.3 Å². The van der Waals surface area contributed by atoms with Crippen LogP contribution >= 0.6 is 11.3 Å². The quantitative estimate of drug-likeness (QED) is 0.628. The Balaban J connectivity index is 1.59. The van der Waals surface area contributed by atoms with Gasteiger partial charge < -0.3 is 10.0 Å². The predicted molar refractivity (Wildman–Crippen MR) is 116 cm³/mol. The number of rotatable bonds is 7. The number of carbonyl (C=O) groups is 1. The Hall–Kier alpha value is -1.95. The smallest absolute Gasteiger partial charge is 0.254 e. The summed E-state index contributed by atoms with van der Waals surface area (Å²) < 4.78 is 54.2. The van der Waals surface area contributed by atoms with E-state index in [-0.39, 0.29) is 18.1 Å². The number of hydrogen-bond acceptors (Lipinski definition) is 6. The van der Waals surface area contributed by atoms with E-state index < -0.39 is 39.3 Å². The molecule has 7 nitrogen and oxygen atoms in total. The van der Waals surface area contributed by atoms with Gasteiger partial charge in [0.15, 0.2) is 0 Å². The van der Waals surface area contributed by atoms with Crippen molar-refractivity contribution in [3.63, 3.8) is 0 Å². The van der Waals surface area contributed by atoms with Gasteiger partial charge in [-0.05, 0) is 44.7 Å². The molecule has 32 heavy (non-hydrogen) atoms. The van der Waals surface area contributed by atoms with Crippen LogP contribution in [-0.2, 0) is 21.2 Å². The number of nitrogens with one attached hydrogen (secondary N) is 1. The minimum Gasteiger partial charge on any atom is -0.380 e. The van der Waals surface area contributed by atoms with Crippen LogP contribution in [0.5, 0.6) is 0 Å². The maximum atomic E-state index is 13.6. The fourth-order valence-corrected chi connectivity index (χ4v) is 5.95. The lowest BCUT2D eigenvalue weighted by atomic mass is 9.79. The lowest BCUT2D eigenvalue weighted by Crippen LogP contribution is -2.57. The van der Waals surface area contributed by atoms with E-state index in [1.807, 2.05) is 0 Å². The van der Waals surface area contributed by atoms with Gasteiger partial charge >= 0.3 is 0 Å². The van der Waals surface area contributed by atoms with Crippen molar-refractivity contribution >= 4 is 27.3 Å². The summed E-state index contributed by atoms with van der Waals surface area (Å²) in [7, 11) is -3.50. The molecular weight excluding hydrogens is 460 g/mol. The lowest BCUT2D eigenvalue weighted by molar-refractivity contribution is -0.161. The molecule has 2 unspecified atom stereocenters. The van der Waals surface area contributed by atoms with Crippen molar-refractivity contribution in [2.45, 2.75) is 56.7 Å². The molecule has 174 valence electrons. The van der Waals surface area contributed by atoms with Crippen LogP contribution in [-0.4, -0.2) is 59.3 Å². The van der Waals surface area contributed by atoms with E-state index in [0.717, 1.165) is 12.5 Å². The van der Waals surface area contributed by atoms with Gasteiger partial charge in [0.2, 0.25) is 10.0 Å². The van der Waals surface area contributed by atoms with Gasteiger partial charge in [-0.15, -0.1) is 11.3 Å². The highest BCUT2D eigenvalue weighted by molar-refractivity contribution is 7.89. The van der Waals surface area contributed by atoms with E-state index in [0.29, 0.717) is 42.1 Å². The molecule has 0 bridgehead atoms. The number of benzene rings is 1. The third-order valence-electron chi connectivity index (χ3n) is 6.18. The van der Waals surface area contributed by atoms with Crippen molar-refractivity contribution in [3.8, 4) is 10.6 Å². The number of aromatic nitrogens is 1. The first-order valence-electron chi connectivity index (χ1n) is 10.5. The molecule has 1 aliphatic carbocycles. The van der Waals surface area contributed by atoms with E-state index in [9.17, 15) is 27.1 Å². The van der Waals surface area contributed by atoms with Crippen LogP contribution in [0.2, 0.25) is 0 Å². The van der Waals surface area contributed by atoms with Crippen molar-refractivity contribution in [1.82, 2.24) is 14.6 Å². The van der Waals surface area contributed by atoms with E-state index in [4.69, 9.17) is 0 Å². The summed E-state index contributed by atoms with van der Waals surface area (Å²) in [6.45, 7) is 1.87. The number of halogens is 2. The lowest BCUT2D eigenvalue weighted by Gasteiger charge is -2.40. The SMILES string of the molecule is CCS(=O)(=O)NC1CCN(C(=O)C2(O)CCC2)C1Cc1csc(-c2cc(F)cc(F)c2)n1. The summed E-state index contributed by atoms with van der Waals surface area (Å²) in [6, 6.07) is 2.15. The Kier molecular flexibility index (Phi) is 6.36. The summed E-state index contributed by atoms with van der Waals surface area (Å²) in [4.78, 5) is 19.1.